The Hall–Kier alpha value is -4.02. The van der Waals surface area contributed by atoms with E-state index in [1.54, 1.807) is 42.8 Å². The lowest BCUT2D eigenvalue weighted by molar-refractivity contribution is 0.0738. The molecule has 1 fully saturated rings. The topological polar surface area (TPSA) is 104 Å². The van der Waals surface area contributed by atoms with Gasteiger partial charge < -0.3 is 20.2 Å². The van der Waals surface area contributed by atoms with Crippen LogP contribution in [0.15, 0.2) is 66.1 Å². The minimum atomic E-state index is -1.14. The fourth-order valence-electron chi connectivity index (χ4n) is 4.46. The van der Waals surface area contributed by atoms with Gasteiger partial charge in [-0.05, 0) is 51.2 Å². The van der Waals surface area contributed by atoms with E-state index < -0.39 is 5.60 Å². The van der Waals surface area contributed by atoms with Crippen LogP contribution in [-0.4, -0.2) is 67.5 Å². The quantitative estimate of drug-likeness (QED) is 0.374. The highest BCUT2D eigenvalue weighted by Crippen LogP contribution is 2.24. The van der Waals surface area contributed by atoms with Crippen molar-refractivity contribution in [3.8, 4) is 5.82 Å². The van der Waals surface area contributed by atoms with E-state index in [1.165, 1.54) is 10.9 Å². The summed E-state index contributed by atoms with van der Waals surface area (Å²) < 4.78 is 3.17. The van der Waals surface area contributed by atoms with Crippen molar-refractivity contribution in [2.24, 2.45) is 0 Å². The molecule has 0 bridgehead atoms. The molecule has 1 aromatic carbocycles. The molecule has 4 aromatic rings. The Morgan fingerprint density at radius 3 is 2.59 bits per heavy atom. The van der Waals surface area contributed by atoms with E-state index in [9.17, 15) is 9.90 Å². The molecular formula is C27H32N8O2. The number of piperazine rings is 1. The zero-order chi connectivity index (χ0) is 26.2. The first-order valence-corrected chi connectivity index (χ1v) is 12.3. The second-order valence-corrected chi connectivity index (χ2v) is 9.82. The number of fused-ring (bicyclic) bond motifs is 1. The fourth-order valence-corrected chi connectivity index (χ4v) is 4.46. The number of allylic oxidation sites excluding steroid dienone is 1. The van der Waals surface area contributed by atoms with Gasteiger partial charge in [-0.15, -0.1) is 6.58 Å². The molecule has 0 spiro atoms. The van der Waals surface area contributed by atoms with Crippen molar-refractivity contribution in [2.75, 3.05) is 43.4 Å². The zero-order valence-electron chi connectivity index (χ0n) is 21.4. The Morgan fingerprint density at radius 2 is 1.86 bits per heavy atom. The maximum Gasteiger partial charge on any atom is 0.278 e. The summed E-state index contributed by atoms with van der Waals surface area (Å²) in [6.07, 6.45) is 3.18. The van der Waals surface area contributed by atoms with Crippen molar-refractivity contribution < 1.29 is 5.11 Å². The van der Waals surface area contributed by atoms with Crippen LogP contribution in [0.1, 0.15) is 19.5 Å². The second-order valence-electron chi connectivity index (χ2n) is 9.82. The van der Waals surface area contributed by atoms with E-state index in [4.69, 9.17) is 4.98 Å². The molecule has 0 saturated carbocycles. The van der Waals surface area contributed by atoms with Crippen LogP contribution in [0, 0.1) is 0 Å². The lowest BCUT2D eigenvalue weighted by Gasteiger charge is -2.34. The van der Waals surface area contributed by atoms with E-state index >= 15 is 0 Å². The van der Waals surface area contributed by atoms with Crippen LogP contribution in [0.25, 0.3) is 16.9 Å². The monoisotopic (exact) mass is 500 g/mol. The average Bonchev–Trinajstić information content (AvgIpc) is 3.15. The molecule has 1 aliphatic heterocycles. The highest BCUT2D eigenvalue weighted by atomic mass is 16.3. The SMILES string of the molecule is C=CCn1c(=O)c2cnc(Nc3cccc(N4CCN(C)CC4)c3)nc2n1-c1cccc(C(C)(C)O)n1. The van der Waals surface area contributed by atoms with Gasteiger partial charge in [-0.2, -0.15) is 4.98 Å². The van der Waals surface area contributed by atoms with Gasteiger partial charge in [0.15, 0.2) is 11.5 Å². The normalized spacial score (nSPS) is 14.8. The summed E-state index contributed by atoms with van der Waals surface area (Å²) in [5.41, 5.74) is 1.52. The summed E-state index contributed by atoms with van der Waals surface area (Å²) in [6, 6.07) is 13.5. The van der Waals surface area contributed by atoms with E-state index in [1.807, 2.05) is 12.1 Å². The molecule has 0 amide bonds. The predicted molar refractivity (Wildman–Crippen MR) is 146 cm³/mol. The maximum absolute atomic E-state index is 13.2. The van der Waals surface area contributed by atoms with Crippen LogP contribution in [0.3, 0.4) is 0 Å². The number of hydrogen-bond donors (Lipinski definition) is 2. The largest absolute Gasteiger partial charge is 0.384 e. The van der Waals surface area contributed by atoms with Gasteiger partial charge in [0.25, 0.3) is 5.56 Å². The maximum atomic E-state index is 13.2. The number of nitrogens with zero attached hydrogens (tertiary/aromatic N) is 7. The molecule has 37 heavy (non-hydrogen) atoms. The summed E-state index contributed by atoms with van der Waals surface area (Å²) in [6.45, 7) is 11.4. The number of hydrogen-bond acceptors (Lipinski definition) is 8. The molecule has 10 heteroatoms. The zero-order valence-corrected chi connectivity index (χ0v) is 21.4. The Labute approximate surface area is 215 Å². The van der Waals surface area contributed by atoms with Gasteiger partial charge in [-0.25, -0.2) is 19.3 Å². The van der Waals surface area contributed by atoms with Crippen LogP contribution in [-0.2, 0) is 12.1 Å². The number of rotatable bonds is 7. The number of nitrogens with one attached hydrogen (secondary N) is 1. The van der Waals surface area contributed by atoms with Crippen LogP contribution in [0.5, 0.6) is 0 Å². The number of pyridine rings is 1. The van der Waals surface area contributed by atoms with Crippen molar-refractivity contribution in [3.63, 3.8) is 0 Å². The van der Waals surface area contributed by atoms with E-state index in [0.29, 0.717) is 28.5 Å². The Bertz CT molecular complexity index is 1490. The number of aliphatic hydroxyl groups is 1. The minimum absolute atomic E-state index is 0.242. The number of benzene rings is 1. The van der Waals surface area contributed by atoms with Crippen LogP contribution < -0.4 is 15.8 Å². The van der Waals surface area contributed by atoms with Gasteiger partial charge in [0, 0.05) is 43.8 Å². The van der Waals surface area contributed by atoms with Crippen molar-refractivity contribution in [1.29, 1.82) is 0 Å². The third-order valence-corrected chi connectivity index (χ3v) is 6.53. The van der Waals surface area contributed by atoms with Gasteiger partial charge in [-0.3, -0.25) is 4.79 Å². The van der Waals surface area contributed by atoms with Gasteiger partial charge in [0.1, 0.15) is 11.0 Å². The molecule has 192 valence electrons. The third-order valence-electron chi connectivity index (χ3n) is 6.53. The molecule has 0 unspecified atom stereocenters. The molecule has 5 rings (SSSR count). The summed E-state index contributed by atoms with van der Waals surface area (Å²) in [5.74, 6) is 0.835. The van der Waals surface area contributed by atoms with Crippen LogP contribution >= 0.6 is 0 Å². The van der Waals surface area contributed by atoms with Gasteiger partial charge in [0.05, 0.1) is 12.2 Å². The molecule has 10 nitrogen and oxygen atoms in total. The highest BCUT2D eigenvalue weighted by Gasteiger charge is 2.22. The van der Waals surface area contributed by atoms with E-state index in [-0.39, 0.29) is 12.1 Å². The van der Waals surface area contributed by atoms with Crippen LogP contribution in [0.4, 0.5) is 17.3 Å². The summed E-state index contributed by atoms with van der Waals surface area (Å²) in [7, 11) is 2.14. The van der Waals surface area contributed by atoms with Crippen molar-refractivity contribution in [1.82, 2.24) is 29.2 Å². The number of aromatic nitrogens is 5. The Balaban J connectivity index is 1.54. The molecule has 0 atom stereocenters. The van der Waals surface area contributed by atoms with Gasteiger partial charge in [-0.1, -0.05) is 18.2 Å². The first kappa shape index (κ1) is 24.7. The van der Waals surface area contributed by atoms with Gasteiger partial charge in [0.2, 0.25) is 5.95 Å². The predicted octanol–water partition coefficient (Wildman–Crippen LogP) is 2.89. The molecular weight excluding hydrogens is 468 g/mol. The second kappa shape index (κ2) is 9.79. The fraction of sp³-hybridized carbons (Fsp3) is 0.333. The molecule has 1 aliphatic rings. The minimum Gasteiger partial charge on any atom is -0.384 e. The van der Waals surface area contributed by atoms with Crippen molar-refractivity contribution in [3.05, 3.63) is 77.4 Å². The Morgan fingerprint density at radius 1 is 1.11 bits per heavy atom. The Kier molecular flexibility index (Phi) is 6.53. The molecule has 2 N–H and O–H groups in total. The van der Waals surface area contributed by atoms with Crippen LogP contribution in [0.2, 0.25) is 0 Å². The smallest absolute Gasteiger partial charge is 0.278 e. The van der Waals surface area contributed by atoms with Crippen molar-refractivity contribution >= 4 is 28.4 Å². The number of likely N-dealkylation sites (N-methyl/N-ethyl adjacent to an activating group) is 1. The standard InChI is InChI=1S/C27H32N8O2/c1-5-12-34-25(36)21-18-28-26(29-19-8-6-9-20(17-19)33-15-13-32(4)14-16-33)31-24(21)35(34)23-11-7-10-22(30-23)27(2,3)37/h5-11,17-18,37H,1,12-16H2,2-4H3,(H,28,29,31). The molecule has 1 saturated heterocycles. The first-order valence-electron chi connectivity index (χ1n) is 12.3. The summed E-state index contributed by atoms with van der Waals surface area (Å²) in [5, 5.41) is 14.2. The van der Waals surface area contributed by atoms with Crippen molar-refractivity contribution in [2.45, 2.75) is 26.0 Å². The third kappa shape index (κ3) is 4.98. The first-order chi connectivity index (χ1) is 17.7. The van der Waals surface area contributed by atoms with E-state index in [2.05, 4.69) is 50.8 Å². The molecule has 4 heterocycles. The van der Waals surface area contributed by atoms with E-state index in [0.717, 1.165) is 37.6 Å². The molecule has 0 radical (unpaired) electrons. The lowest BCUT2D eigenvalue weighted by atomic mass is 10.1. The highest BCUT2D eigenvalue weighted by molar-refractivity contribution is 5.77. The lowest BCUT2D eigenvalue weighted by Crippen LogP contribution is -2.44. The summed E-state index contributed by atoms with van der Waals surface area (Å²) >= 11 is 0. The molecule has 0 aliphatic carbocycles. The average molecular weight is 501 g/mol. The van der Waals surface area contributed by atoms with Gasteiger partial charge >= 0.3 is 0 Å². The summed E-state index contributed by atoms with van der Waals surface area (Å²) in [4.78, 5) is 31.7. The number of anilines is 3. The molecule has 3 aromatic heterocycles.